The van der Waals surface area contributed by atoms with Gasteiger partial charge in [0.15, 0.2) is 5.60 Å². The molecule has 3 aliphatic carbocycles. The van der Waals surface area contributed by atoms with Gasteiger partial charge in [-0.1, -0.05) is 32.9 Å². The van der Waals surface area contributed by atoms with Crippen LogP contribution in [0.5, 0.6) is 0 Å². The van der Waals surface area contributed by atoms with Gasteiger partial charge in [-0.25, -0.2) is 0 Å². The normalized spacial score (nSPS) is 38.9. The molecule has 0 bridgehead atoms. The van der Waals surface area contributed by atoms with Crippen LogP contribution in [0, 0.1) is 29.1 Å². The zero-order chi connectivity index (χ0) is 26.3. The van der Waals surface area contributed by atoms with E-state index in [0.29, 0.717) is 17.6 Å². The molecular formula is C27H38O8. The van der Waals surface area contributed by atoms with Crippen molar-refractivity contribution in [2.45, 2.75) is 85.0 Å². The number of aliphatic hydroxyl groups is 1. The number of allylic oxidation sites excluding steroid dienone is 1. The molecule has 0 radical (unpaired) electrons. The van der Waals surface area contributed by atoms with Crippen LogP contribution in [0.25, 0.3) is 0 Å². The number of Topliss-reactive ketones (excluding diaryl/α,β-unsaturated/α-hetero) is 1. The van der Waals surface area contributed by atoms with Crippen LogP contribution < -0.4 is 0 Å². The van der Waals surface area contributed by atoms with Crippen LogP contribution in [0.15, 0.2) is 23.3 Å². The Hall–Kier alpha value is -2.48. The summed E-state index contributed by atoms with van der Waals surface area (Å²) in [6.07, 6.45) is 2.74. The van der Waals surface area contributed by atoms with Crippen molar-refractivity contribution in [1.82, 2.24) is 0 Å². The molecule has 3 rings (SSSR count). The third-order valence-electron chi connectivity index (χ3n) is 8.20. The monoisotopic (exact) mass is 490 g/mol. The van der Waals surface area contributed by atoms with Crippen molar-refractivity contribution < 1.29 is 38.5 Å². The maximum absolute atomic E-state index is 13.8. The fourth-order valence-corrected chi connectivity index (χ4v) is 5.97. The van der Waals surface area contributed by atoms with Gasteiger partial charge in [0.2, 0.25) is 5.78 Å². The van der Waals surface area contributed by atoms with E-state index in [9.17, 15) is 24.3 Å². The number of ether oxygens (including phenoxy) is 3. The summed E-state index contributed by atoms with van der Waals surface area (Å²) < 4.78 is 16.2. The second-order valence-corrected chi connectivity index (χ2v) is 11.0. The molecule has 0 saturated heterocycles. The second-order valence-electron chi connectivity index (χ2n) is 11.0. The lowest BCUT2D eigenvalue weighted by Gasteiger charge is -2.34. The average molecular weight is 491 g/mol. The molecule has 7 atom stereocenters. The number of fused-ring (bicyclic) bond motifs is 2. The van der Waals surface area contributed by atoms with E-state index in [-0.39, 0.29) is 48.2 Å². The molecule has 3 aliphatic rings. The zero-order valence-electron chi connectivity index (χ0n) is 21.8. The van der Waals surface area contributed by atoms with Crippen molar-refractivity contribution in [3.05, 3.63) is 23.3 Å². The fraction of sp³-hybridized carbons (Fsp3) is 0.704. The minimum atomic E-state index is -1.52. The highest BCUT2D eigenvalue weighted by Gasteiger charge is 2.61. The number of aliphatic hydroxyl groups excluding tert-OH is 1. The first-order chi connectivity index (χ1) is 16.2. The number of methoxy groups -OCH3 is 1. The zero-order valence-corrected chi connectivity index (χ0v) is 21.8. The standard InChI is InChI=1S/C27H38O8/c1-14-10-20-24(31)16(3)13-27(20,35-17(4)28)25(32)15(2)11-18-19(26(18,5)6)12-21(14)34-23(30)9-8-22(29)33-7/h10-11,16,18-21,24,31H,8-9,12-13H2,1-7H3/b14-10+,15-11+/t16-,18-,19+,20+,21-,24+,27-/m1/s1. The van der Waals surface area contributed by atoms with E-state index in [1.807, 2.05) is 13.0 Å². The topological polar surface area (TPSA) is 116 Å². The summed E-state index contributed by atoms with van der Waals surface area (Å²) in [5, 5.41) is 11.1. The Balaban J connectivity index is 2.04. The first kappa shape index (κ1) is 27.1. The molecule has 194 valence electrons. The predicted molar refractivity (Wildman–Crippen MR) is 127 cm³/mol. The van der Waals surface area contributed by atoms with Gasteiger partial charge in [-0.15, -0.1) is 0 Å². The first-order valence-corrected chi connectivity index (χ1v) is 12.3. The van der Waals surface area contributed by atoms with Gasteiger partial charge < -0.3 is 19.3 Å². The molecule has 2 fully saturated rings. The molecule has 8 nitrogen and oxygen atoms in total. The van der Waals surface area contributed by atoms with Gasteiger partial charge in [0, 0.05) is 13.3 Å². The van der Waals surface area contributed by atoms with Crippen molar-refractivity contribution in [2.75, 3.05) is 7.11 Å². The van der Waals surface area contributed by atoms with Crippen LogP contribution in [0.1, 0.15) is 67.2 Å². The van der Waals surface area contributed by atoms with Crippen molar-refractivity contribution >= 4 is 23.7 Å². The Labute approximate surface area is 207 Å². The van der Waals surface area contributed by atoms with E-state index < -0.39 is 41.6 Å². The quantitative estimate of drug-likeness (QED) is 0.354. The summed E-state index contributed by atoms with van der Waals surface area (Å²) in [6.45, 7) is 10.9. The van der Waals surface area contributed by atoms with Crippen LogP contribution in [0.4, 0.5) is 0 Å². The molecule has 8 heteroatoms. The molecule has 0 aromatic heterocycles. The van der Waals surface area contributed by atoms with E-state index >= 15 is 0 Å². The van der Waals surface area contributed by atoms with Crippen molar-refractivity contribution in [3.63, 3.8) is 0 Å². The molecule has 0 aliphatic heterocycles. The lowest BCUT2D eigenvalue weighted by atomic mass is 9.80. The van der Waals surface area contributed by atoms with Crippen LogP contribution in [0.2, 0.25) is 0 Å². The highest BCUT2D eigenvalue weighted by Crippen LogP contribution is 2.62. The summed E-state index contributed by atoms with van der Waals surface area (Å²) in [6, 6.07) is 0. The summed E-state index contributed by atoms with van der Waals surface area (Å²) in [4.78, 5) is 50.0. The van der Waals surface area contributed by atoms with Crippen LogP contribution in [-0.4, -0.2) is 53.7 Å². The number of ketones is 1. The maximum Gasteiger partial charge on any atom is 0.306 e. The molecule has 0 amide bonds. The van der Waals surface area contributed by atoms with Gasteiger partial charge in [0.25, 0.3) is 0 Å². The van der Waals surface area contributed by atoms with Crippen molar-refractivity contribution in [3.8, 4) is 0 Å². The van der Waals surface area contributed by atoms with Crippen molar-refractivity contribution in [1.29, 1.82) is 0 Å². The summed E-state index contributed by atoms with van der Waals surface area (Å²) in [5.41, 5.74) is -0.434. The SMILES string of the molecule is COC(=O)CCC(=O)O[C@@H]1C[C@H]2[C@@H](/C=C(\C)C(=O)[C@@]3(OC(C)=O)C[C@@H](C)[C@H](O)[C@@H]3/C=C/1C)C2(C)C. The third kappa shape index (κ3) is 5.22. The van der Waals surface area contributed by atoms with Crippen LogP contribution in [0.3, 0.4) is 0 Å². The number of carbonyl (C=O) groups excluding carboxylic acids is 4. The predicted octanol–water partition coefficient (Wildman–Crippen LogP) is 3.31. The molecule has 35 heavy (non-hydrogen) atoms. The van der Waals surface area contributed by atoms with Gasteiger partial charge in [0.1, 0.15) is 6.10 Å². The van der Waals surface area contributed by atoms with Crippen LogP contribution >= 0.6 is 0 Å². The molecule has 0 unspecified atom stereocenters. The van der Waals surface area contributed by atoms with E-state index in [1.54, 1.807) is 19.9 Å². The highest BCUT2D eigenvalue weighted by atomic mass is 16.6. The van der Waals surface area contributed by atoms with Gasteiger partial charge >= 0.3 is 17.9 Å². The second kappa shape index (κ2) is 9.88. The third-order valence-corrected chi connectivity index (χ3v) is 8.20. The van der Waals surface area contributed by atoms with Gasteiger partial charge in [-0.05, 0) is 54.6 Å². The smallest absolute Gasteiger partial charge is 0.306 e. The summed E-state index contributed by atoms with van der Waals surface area (Å²) in [5.74, 6) is -2.70. The van der Waals surface area contributed by atoms with Gasteiger partial charge in [0.05, 0.1) is 32.0 Å². The molecule has 0 aromatic rings. The number of rotatable bonds is 5. The molecule has 2 saturated carbocycles. The van der Waals surface area contributed by atoms with E-state index in [1.165, 1.54) is 14.0 Å². The summed E-state index contributed by atoms with van der Waals surface area (Å²) in [7, 11) is 1.26. The van der Waals surface area contributed by atoms with Crippen LogP contribution in [-0.2, 0) is 33.4 Å². The average Bonchev–Trinajstić information content (AvgIpc) is 3.19. The molecular weight excluding hydrogens is 452 g/mol. The Kier molecular flexibility index (Phi) is 7.65. The Bertz CT molecular complexity index is 960. The fourth-order valence-electron chi connectivity index (χ4n) is 5.97. The molecule has 0 heterocycles. The lowest BCUT2D eigenvalue weighted by Crippen LogP contribution is -2.48. The van der Waals surface area contributed by atoms with Gasteiger partial charge in [-0.2, -0.15) is 0 Å². The van der Waals surface area contributed by atoms with E-state index in [2.05, 4.69) is 18.6 Å². The highest BCUT2D eigenvalue weighted by molar-refractivity contribution is 6.03. The van der Waals surface area contributed by atoms with Crippen molar-refractivity contribution in [2.24, 2.45) is 29.1 Å². The minimum Gasteiger partial charge on any atom is -0.469 e. The minimum absolute atomic E-state index is 0.0762. The number of carbonyl (C=O) groups is 4. The number of hydrogen-bond acceptors (Lipinski definition) is 8. The molecule has 0 aromatic carbocycles. The molecule has 1 N–H and O–H groups in total. The van der Waals surface area contributed by atoms with E-state index in [4.69, 9.17) is 9.47 Å². The maximum atomic E-state index is 13.8. The number of hydrogen-bond donors (Lipinski definition) is 1. The first-order valence-electron chi connectivity index (χ1n) is 12.3. The summed E-state index contributed by atoms with van der Waals surface area (Å²) >= 11 is 0. The lowest BCUT2D eigenvalue weighted by molar-refractivity contribution is -0.168. The largest absolute Gasteiger partial charge is 0.469 e. The number of esters is 3. The molecule has 0 spiro atoms. The Morgan fingerprint density at radius 3 is 2.31 bits per heavy atom. The van der Waals surface area contributed by atoms with Gasteiger partial charge in [-0.3, -0.25) is 19.2 Å². The van der Waals surface area contributed by atoms with E-state index in [0.717, 1.165) is 0 Å². The Morgan fingerprint density at radius 2 is 1.71 bits per heavy atom. The Morgan fingerprint density at radius 1 is 1.09 bits per heavy atom.